The molecule has 9 heteroatoms. The molecular weight excluding hydrogens is 329 g/mol. The SMILES string of the molecule is O=C([O-])c1ccccc1C(=O)ONc1ncccc1CC(F)(F)F. The monoisotopic (exact) mass is 339 g/mol. The fourth-order valence-corrected chi connectivity index (χ4v) is 1.88. The fourth-order valence-electron chi connectivity index (χ4n) is 1.88. The Balaban J connectivity index is 2.15. The van der Waals surface area contributed by atoms with Gasteiger partial charge in [-0.3, -0.25) is 0 Å². The molecule has 2 aromatic rings. The minimum absolute atomic E-state index is 0.231. The van der Waals surface area contributed by atoms with Crippen molar-refractivity contribution in [2.24, 2.45) is 0 Å². The highest BCUT2D eigenvalue weighted by Crippen LogP contribution is 2.24. The molecule has 0 unspecified atom stereocenters. The number of nitrogens with zero attached hydrogens (tertiary/aromatic N) is 1. The number of anilines is 1. The van der Waals surface area contributed by atoms with Gasteiger partial charge in [-0.15, -0.1) is 0 Å². The van der Waals surface area contributed by atoms with Crippen molar-refractivity contribution in [1.82, 2.24) is 4.98 Å². The summed E-state index contributed by atoms with van der Waals surface area (Å²) >= 11 is 0. The third kappa shape index (κ3) is 4.45. The van der Waals surface area contributed by atoms with Gasteiger partial charge in [-0.2, -0.15) is 18.7 Å². The van der Waals surface area contributed by atoms with Crippen LogP contribution in [0.3, 0.4) is 0 Å². The molecule has 0 saturated heterocycles. The van der Waals surface area contributed by atoms with Crippen LogP contribution in [0.15, 0.2) is 42.6 Å². The first-order valence-electron chi connectivity index (χ1n) is 6.56. The van der Waals surface area contributed by atoms with Crippen molar-refractivity contribution in [2.45, 2.75) is 12.6 Å². The molecule has 0 saturated carbocycles. The molecule has 126 valence electrons. The van der Waals surface area contributed by atoms with Gasteiger partial charge in [0.25, 0.3) is 0 Å². The minimum atomic E-state index is -4.47. The van der Waals surface area contributed by atoms with E-state index in [1.165, 1.54) is 36.5 Å². The summed E-state index contributed by atoms with van der Waals surface area (Å²) in [6.45, 7) is 0. The minimum Gasteiger partial charge on any atom is -0.545 e. The zero-order valence-corrected chi connectivity index (χ0v) is 12.0. The number of carboxylic acid groups (broad SMARTS) is 1. The summed E-state index contributed by atoms with van der Waals surface area (Å²) in [5.74, 6) is -2.98. The van der Waals surface area contributed by atoms with Gasteiger partial charge in [0.1, 0.15) is 0 Å². The molecule has 0 spiro atoms. The van der Waals surface area contributed by atoms with Crippen molar-refractivity contribution in [3.8, 4) is 0 Å². The van der Waals surface area contributed by atoms with Gasteiger partial charge in [0.2, 0.25) is 0 Å². The average Bonchev–Trinajstić information content (AvgIpc) is 2.52. The fraction of sp³-hybridized carbons (Fsp3) is 0.133. The number of carbonyl (C=O) groups is 2. The predicted octanol–water partition coefficient (Wildman–Crippen LogP) is 1.73. The van der Waals surface area contributed by atoms with E-state index >= 15 is 0 Å². The van der Waals surface area contributed by atoms with Gasteiger partial charge in [-0.1, -0.05) is 24.3 Å². The van der Waals surface area contributed by atoms with Crippen LogP contribution in [0.25, 0.3) is 0 Å². The van der Waals surface area contributed by atoms with Crippen LogP contribution in [0.4, 0.5) is 19.0 Å². The topological polar surface area (TPSA) is 91.3 Å². The Kier molecular flexibility index (Phi) is 5.02. The van der Waals surface area contributed by atoms with Crippen LogP contribution < -0.4 is 10.6 Å². The first-order valence-corrected chi connectivity index (χ1v) is 6.56. The van der Waals surface area contributed by atoms with Crippen LogP contribution >= 0.6 is 0 Å². The number of nitrogens with one attached hydrogen (secondary N) is 1. The smallest absolute Gasteiger partial charge is 0.393 e. The Morgan fingerprint density at radius 2 is 1.79 bits per heavy atom. The predicted molar refractivity (Wildman–Crippen MR) is 73.8 cm³/mol. The molecule has 0 aliphatic rings. The van der Waals surface area contributed by atoms with Gasteiger partial charge < -0.3 is 14.7 Å². The number of hydrogen-bond acceptors (Lipinski definition) is 6. The number of benzene rings is 1. The highest BCUT2D eigenvalue weighted by atomic mass is 19.4. The van der Waals surface area contributed by atoms with E-state index in [1.54, 1.807) is 0 Å². The Labute approximate surface area is 133 Å². The quantitative estimate of drug-likeness (QED) is 0.834. The molecule has 1 N–H and O–H groups in total. The Morgan fingerprint density at radius 1 is 1.12 bits per heavy atom. The van der Waals surface area contributed by atoms with Crippen molar-refractivity contribution in [1.29, 1.82) is 0 Å². The normalized spacial score (nSPS) is 11.0. The van der Waals surface area contributed by atoms with Crippen LogP contribution in [-0.2, 0) is 11.3 Å². The number of aromatic carboxylic acids is 1. The summed E-state index contributed by atoms with van der Waals surface area (Å²) in [5.41, 5.74) is 1.09. The van der Waals surface area contributed by atoms with E-state index in [4.69, 9.17) is 0 Å². The molecule has 24 heavy (non-hydrogen) atoms. The maximum Gasteiger partial charge on any atom is 0.393 e. The van der Waals surface area contributed by atoms with Crippen molar-refractivity contribution >= 4 is 17.8 Å². The van der Waals surface area contributed by atoms with Crippen molar-refractivity contribution in [2.75, 3.05) is 5.48 Å². The summed E-state index contributed by atoms with van der Waals surface area (Å²) in [6, 6.07) is 7.59. The van der Waals surface area contributed by atoms with E-state index in [1.807, 2.05) is 5.48 Å². The summed E-state index contributed by atoms with van der Waals surface area (Å²) in [7, 11) is 0. The first kappa shape index (κ1) is 17.3. The molecule has 1 aromatic heterocycles. The third-order valence-electron chi connectivity index (χ3n) is 2.89. The summed E-state index contributed by atoms with van der Waals surface area (Å²) in [6.07, 6.45) is -4.52. The second-order valence-corrected chi connectivity index (χ2v) is 4.63. The molecule has 0 radical (unpaired) electrons. The zero-order valence-electron chi connectivity index (χ0n) is 12.0. The van der Waals surface area contributed by atoms with Crippen molar-refractivity contribution < 1.29 is 32.7 Å². The maximum absolute atomic E-state index is 12.5. The standard InChI is InChI=1S/C15H11F3N2O4/c16-15(17,18)8-9-4-3-7-19-12(9)20-24-14(23)11-6-2-1-5-10(11)13(21)22/h1-7H,8H2,(H,19,20)(H,21,22)/p-1. The van der Waals surface area contributed by atoms with E-state index in [9.17, 15) is 27.9 Å². The van der Waals surface area contributed by atoms with Gasteiger partial charge in [0, 0.05) is 17.3 Å². The van der Waals surface area contributed by atoms with Crippen LogP contribution in [0.1, 0.15) is 26.3 Å². The van der Waals surface area contributed by atoms with E-state index in [0.717, 1.165) is 6.07 Å². The summed E-state index contributed by atoms with van der Waals surface area (Å²) < 4.78 is 37.5. The van der Waals surface area contributed by atoms with E-state index in [-0.39, 0.29) is 16.9 Å². The average molecular weight is 339 g/mol. The number of alkyl halides is 3. The molecular formula is C15H10F3N2O4-. The van der Waals surface area contributed by atoms with Gasteiger partial charge >= 0.3 is 12.1 Å². The van der Waals surface area contributed by atoms with E-state index in [0.29, 0.717) is 0 Å². The number of rotatable bonds is 5. The molecule has 6 nitrogen and oxygen atoms in total. The second-order valence-electron chi connectivity index (χ2n) is 4.63. The lowest BCUT2D eigenvalue weighted by atomic mass is 10.1. The molecule has 0 fully saturated rings. The molecule has 0 bridgehead atoms. The first-order chi connectivity index (χ1) is 11.3. The zero-order chi connectivity index (χ0) is 17.7. The van der Waals surface area contributed by atoms with Crippen molar-refractivity contribution in [3.05, 3.63) is 59.3 Å². The lowest BCUT2D eigenvalue weighted by Crippen LogP contribution is -2.26. The number of pyridine rings is 1. The molecule has 1 heterocycles. The number of carbonyl (C=O) groups excluding carboxylic acids is 2. The maximum atomic E-state index is 12.5. The van der Waals surface area contributed by atoms with Crippen LogP contribution in [0.2, 0.25) is 0 Å². The Morgan fingerprint density at radius 3 is 2.42 bits per heavy atom. The lowest BCUT2D eigenvalue weighted by Gasteiger charge is -2.13. The number of halogens is 3. The van der Waals surface area contributed by atoms with Crippen LogP contribution in [-0.4, -0.2) is 23.1 Å². The molecule has 1 aromatic carbocycles. The highest BCUT2D eigenvalue weighted by molar-refractivity contribution is 6.01. The molecule has 0 atom stereocenters. The molecule has 0 aliphatic heterocycles. The van der Waals surface area contributed by atoms with Gasteiger partial charge in [0.05, 0.1) is 18.0 Å². The van der Waals surface area contributed by atoms with Gasteiger partial charge in [-0.25, -0.2) is 9.78 Å². The Hall–Kier alpha value is -3.10. The van der Waals surface area contributed by atoms with E-state index in [2.05, 4.69) is 9.82 Å². The highest BCUT2D eigenvalue weighted by Gasteiger charge is 2.29. The number of carboxylic acids is 1. The van der Waals surface area contributed by atoms with Gasteiger partial charge in [-0.05, 0) is 12.1 Å². The Bertz CT molecular complexity index is 762. The number of aromatic nitrogens is 1. The number of hydrogen-bond donors (Lipinski definition) is 1. The molecule has 2 rings (SSSR count). The van der Waals surface area contributed by atoms with Gasteiger partial charge in [0.15, 0.2) is 5.82 Å². The molecule has 0 aliphatic carbocycles. The third-order valence-corrected chi connectivity index (χ3v) is 2.89. The largest absolute Gasteiger partial charge is 0.545 e. The van der Waals surface area contributed by atoms with Crippen LogP contribution in [0, 0.1) is 0 Å². The molecule has 0 amide bonds. The van der Waals surface area contributed by atoms with Crippen LogP contribution in [0.5, 0.6) is 0 Å². The summed E-state index contributed by atoms with van der Waals surface area (Å²) in [5, 5.41) is 10.9. The van der Waals surface area contributed by atoms with Crippen molar-refractivity contribution in [3.63, 3.8) is 0 Å². The summed E-state index contributed by atoms with van der Waals surface area (Å²) in [4.78, 5) is 31.2. The van der Waals surface area contributed by atoms with E-state index < -0.39 is 30.1 Å². The lowest BCUT2D eigenvalue weighted by molar-refractivity contribution is -0.255. The second kappa shape index (κ2) is 6.99.